The average molecular weight is 244 g/mol. The average Bonchev–Trinajstić information content (AvgIpc) is 2.40. The van der Waals surface area contributed by atoms with Gasteiger partial charge in [0, 0.05) is 6.04 Å². The number of nitrogens with zero attached hydrogens (tertiary/aromatic N) is 1. The lowest BCUT2D eigenvalue weighted by atomic mass is 9.86. The van der Waals surface area contributed by atoms with Crippen LogP contribution in [0.3, 0.4) is 0 Å². The highest BCUT2D eigenvalue weighted by Crippen LogP contribution is 2.27. The van der Waals surface area contributed by atoms with Crippen LogP contribution in [-0.2, 0) is 4.79 Å². The van der Waals surface area contributed by atoms with E-state index in [0.717, 1.165) is 18.5 Å². The molecule has 1 aromatic carbocycles. The van der Waals surface area contributed by atoms with Crippen LogP contribution in [0.1, 0.15) is 31.2 Å². The van der Waals surface area contributed by atoms with E-state index in [1.54, 1.807) is 6.07 Å². The van der Waals surface area contributed by atoms with Crippen LogP contribution < -0.4 is 5.32 Å². The summed E-state index contributed by atoms with van der Waals surface area (Å²) in [6.45, 7) is 0. The first kappa shape index (κ1) is 12.4. The molecular formula is C14H16N2O2. The lowest BCUT2D eigenvalue weighted by Gasteiger charge is -2.27. The molecule has 94 valence electrons. The number of carboxylic acids is 1. The fourth-order valence-electron chi connectivity index (χ4n) is 2.41. The van der Waals surface area contributed by atoms with E-state index in [4.69, 9.17) is 10.4 Å². The van der Waals surface area contributed by atoms with Gasteiger partial charge in [0.05, 0.1) is 17.2 Å². The number of aliphatic carboxylic acids is 1. The quantitative estimate of drug-likeness (QED) is 0.857. The van der Waals surface area contributed by atoms with Crippen LogP contribution in [0.4, 0.5) is 5.69 Å². The van der Waals surface area contributed by atoms with Crippen molar-refractivity contribution in [3.05, 3.63) is 29.8 Å². The van der Waals surface area contributed by atoms with Crippen molar-refractivity contribution in [2.75, 3.05) is 5.32 Å². The second-order valence-corrected chi connectivity index (χ2v) is 4.69. The summed E-state index contributed by atoms with van der Waals surface area (Å²) in [5.41, 5.74) is 1.48. The topological polar surface area (TPSA) is 73.1 Å². The Bertz CT molecular complexity index is 471. The molecule has 0 unspecified atom stereocenters. The van der Waals surface area contributed by atoms with Crippen LogP contribution >= 0.6 is 0 Å². The number of carbonyl (C=O) groups is 1. The van der Waals surface area contributed by atoms with Gasteiger partial charge < -0.3 is 10.4 Å². The van der Waals surface area contributed by atoms with Gasteiger partial charge in [0.15, 0.2) is 0 Å². The van der Waals surface area contributed by atoms with Crippen molar-refractivity contribution >= 4 is 11.7 Å². The maximum atomic E-state index is 10.9. The number of carboxylic acid groups (broad SMARTS) is 1. The fraction of sp³-hybridized carbons (Fsp3) is 0.429. The number of para-hydroxylation sites is 1. The van der Waals surface area contributed by atoms with Gasteiger partial charge in [-0.15, -0.1) is 0 Å². The maximum Gasteiger partial charge on any atom is 0.306 e. The monoisotopic (exact) mass is 244 g/mol. The van der Waals surface area contributed by atoms with Crippen molar-refractivity contribution in [2.45, 2.75) is 31.7 Å². The largest absolute Gasteiger partial charge is 0.481 e. The summed E-state index contributed by atoms with van der Waals surface area (Å²) in [4.78, 5) is 10.9. The molecule has 4 heteroatoms. The molecule has 0 aromatic heterocycles. The predicted molar refractivity (Wildman–Crippen MR) is 68.2 cm³/mol. The zero-order valence-corrected chi connectivity index (χ0v) is 10.1. The van der Waals surface area contributed by atoms with Gasteiger partial charge in [-0.25, -0.2) is 0 Å². The molecule has 1 aliphatic carbocycles. The first-order valence-corrected chi connectivity index (χ1v) is 6.19. The summed E-state index contributed by atoms with van der Waals surface area (Å²) in [6, 6.07) is 9.84. The summed E-state index contributed by atoms with van der Waals surface area (Å²) < 4.78 is 0. The number of nitrogens with one attached hydrogen (secondary N) is 1. The molecule has 1 aliphatic rings. The van der Waals surface area contributed by atoms with Crippen molar-refractivity contribution in [3.63, 3.8) is 0 Å². The molecule has 1 fully saturated rings. The zero-order chi connectivity index (χ0) is 13.0. The van der Waals surface area contributed by atoms with Crippen molar-refractivity contribution in [2.24, 2.45) is 5.92 Å². The third-order valence-electron chi connectivity index (χ3n) is 3.48. The molecule has 0 atom stereocenters. The van der Waals surface area contributed by atoms with Crippen molar-refractivity contribution < 1.29 is 9.90 Å². The zero-order valence-electron chi connectivity index (χ0n) is 10.1. The first-order chi connectivity index (χ1) is 8.70. The number of rotatable bonds is 3. The molecule has 0 heterocycles. The van der Waals surface area contributed by atoms with Crippen molar-refractivity contribution in [3.8, 4) is 6.07 Å². The third-order valence-corrected chi connectivity index (χ3v) is 3.48. The summed E-state index contributed by atoms with van der Waals surface area (Å²) in [7, 11) is 0. The highest BCUT2D eigenvalue weighted by atomic mass is 16.4. The minimum atomic E-state index is -0.689. The molecule has 0 bridgehead atoms. The Labute approximate surface area is 106 Å². The Kier molecular flexibility index (Phi) is 3.83. The molecule has 2 N–H and O–H groups in total. The Hall–Kier alpha value is -2.02. The minimum absolute atomic E-state index is 0.200. The van der Waals surface area contributed by atoms with Crippen LogP contribution in [-0.4, -0.2) is 17.1 Å². The molecule has 0 saturated heterocycles. The smallest absolute Gasteiger partial charge is 0.306 e. The SMILES string of the molecule is N#Cc1ccccc1NC1CCC(C(=O)O)CC1. The van der Waals surface area contributed by atoms with Crippen LogP contribution in [0.2, 0.25) is 0 Å². The number of anilines is 1. The van der Waals surface area contributed by atoms with E-state index in [9.17, 15) is 4.79 Å². The van der Waals surface area contributed by atoms with Gasteiger partial charge in [0.25, 0.3) is 0 Å². The molecule has 0 aliphatic heterocycles. The van der Waals surface area contributed by atoms with Gasteiger partial charge in [0.2, 0.25) is 0 Å². The van der Waals surface area contributed by atoms with Crippen LogP contribution in [0.25, 0.3) is 0 Å². The maximum absolute atomic E-state index is 10.9. The molecule has 4 nitrogen and oxygen atoms in total. The van der Waals surface area contributed by atoms with Crippen LogP contribution in [0.5, 0.6) is 0 Å². The standard InChI is InChI=1S/C14H16N2O2/c15-9-11-3-1-2-4-13(11)16-12-7-5-10(6-8-12)14(17)18/h1-4,10,12,16H,5-8H2,(H,17,18). The molecule has 0 spiro atoms. The summed E-state index contributed by atoms with van der Waals surface area (Å²) in [5, 5.41) is 21.3. The van der Waals surface area contributed by atoms with E-state index in [2.05, 4.69) is 11.4 Å². The third kappa shape index (κ3) is 2.80. The predicted octanol–water partition coefficient (Wildman–Crippen LogP) is 2.61. The van der Waals surface area contributed by atoms with Gasteiger partial charge in [0.1, 0.15) is 6.07 Å². The second kappa shape index (κ2) is 5.54. The van der Waals surface area contributed by atoms with E-state index in [0.29, 0.717) is 18.4 Å². The number of nitriles is 1. The van der Waals surface area contributed by atoms with Crippen molar-refractivity contribution in [1.29, 1.82) is 5.26 Å². The normalized spacial score (nSPS) is 23.1. The highest BCUT2D eigenvalue weighted by Gasteiger charge is 2.25. The Morgan fingerprint density at radius 3 is 2.56 bits per heavy atom. The molecular weight excluding hydrogens is 228 g/mol. The van der Waals surface area contributed by atoms with E-state index >= 15 is 0 Å². The Balaban J connectivity index is 1.96. The molecule has 0 amide bonds. The number of hydrogen-bond donors (Lipinski definition) is 2. The lowest BCUT2D eigenvalue weighted by molar-refractivity contribution is -0.142. The lowest BCUT2D eigenvalue weighted by Crippen LogP contribution is -2.29. The van der Waals surface area contributed by atoms with Gasteiger partial charge in [-0.1, -0.05) is 12.1 Å². The molecule has 1 saturated carbocycles. The minimum Gasteiger partial charge on any atom is -0.481 e. The molecule has 18 heavy (non-hydrogen) atoms. The van der Waals surface area contributed by atoms with Crippen LogP contribution in [0.15, 0.2) is 24.3 Å². The van der Waals surface area contributed by atoms with Gasteiger partial charge in [-0.05, 0) is 37.8 Å². The van der Waals surface area contributed by atoms with E-state index in [1.165, 1.54) is 0 Å². The van der Waals surface area contributed by atoms with E-state index in [1.807, 2.05) is 18.2 Å². The number of benzene rings is 1. The summed E-state index contributed by atoms with van der Waals surface area (Å²) in [5.74, 6) is -0.889. The second-order valence-electron chi connectivity index (χ2n) is 4.69. The Morgan fingerprint density at radius 2 is 1.94 bits per heavy atom. The van der Waals surface area contributed by atoms with E-state index in [-0.39, 0.29) is 12.0 Å². The van der Waals surface area contributed by atoms with Crippen molar-refractivity contribution in [1.82, 2.24) is 0 Å². The highest BCUT2D eigenvalue weighted by molar-refractivity contribution is 5.70. The number of hydrogen-bond acceptors (Lipinski definition) is 3. The first-order valence-electron chi connectivity index (χ1n) is 6.19. The molecule has 0 radical (unpaired) electrons. The van der Waals surface area contributed by atoms with Crippen LogP contribution in [0, 0.1) is 17.2 Å². The van der Waals surface area contributed by atoms with Gasteiger partial charge in [-0.2, -0.15) is 5.26 Å². The summed E-state index contributed by atoms with van der Waals surface area (Å²) in [6.07, 6.45) is 3.11. The Morgan fingerprint density at radius 1 is 1.28 bits per heavy atom. The van der Waals surface area contributed by atoms with E-state index < -0.39 is 5.97 Å². The summed E-state index contributed by atoms with van der Waals surface area (Å²) >= 11 is 0. The van der Waals surface area contributed by atoms with Gasteiger partial charge >= 0.3 is 5.97 Å². The molecule has 1 aromatic rings. The molecule has 2 rings (SSSR count). The van der Waals surface area contributed by atoms with Gasteiger partial charge in [-0.3, -0.25) is 4.79 Å². The fourth-order valence-corrected chi connectivity index (χ4v) is 2.41.